The predicted molar refractivity (Wildman–Crippen MR) is 250 cm³/mol. The number of aromatic nitrogens is 1. The number of para-hydroxylation sites is 1. The van der Waals surface area contributed by atoms with E-state index in [2.05, 4.69) is 185 Å². The molecule has 2 aliphatic rings. The van der Waals surface area contributed by atoms with Crippen LogP contribution in [0, 0.1) is 19.8 Å². The Kier molecular flexibility index (Phi) is 9.87. The average molecular weight is 751 g/mol. The van der Waals surface area contributed by atoms with E-state index in [0.29, 0.717) is 5.92 Å². The molecule has 2 heteroatoms. The number of aliphatic imine (C=N–C) groups is 1. The van der Waals surface area contributed by atoms with E-state index in [1.807, 2.05) is 18.2 Å². The van der Waals surface area contributed by atoms with Gasteiger partial charge in [-0.25, -0.2) is 0 Å². The molecule has 0 fully saturated rings. The lowest BCUT2D eigenvalue weighted by Gasteiger charge is -2.25. The molecule has 0 saturated heterocycles. The Morgan fingerprint density at radius 2 is 1.29 bits per heavy atom. The molecule has 1 aromatic heterocycles. The van der Waals surface area contributed by atoms with Crippen LogP contribution in [-0.4, -0.2) is 10.3 Å². The number of nitrogens with zero attached hydrogens (tertiary/aromatic N) is 2. The number of aryl methyl sites for hydroxylation is 2. The van der Waals surface area contributed by atoms with Gasteiger partial charge >= 0.3 is 0 Å². The van der Waals surface area contributed by atoms with Crippen molar-refractivity contribution in [3.05, 3.63) is 209 Å². The van der Waals surface area contributed by atoms with Gasteiger partial charge < -0.3 is 4.57 Å². The first-order chi connectivity index (χ1) is 28.3. The fraction of sp³-hybridized carbons (Fsp3) is 0.161. The Balaban J connectivity index is 1.18. The fourth-order valence-electron chi connectivity index (χ4n) is 9.31. The third-order valence-electron chi connectivity index (χ3n) is 12.4. The van der Waals surface area contributed by atoms with Crippen molar-refractivity contribution in [3.8, 4) is 16.8 Å². The van der Waals surface area contributed by atoms with Crippen LogP contribution in [0.5, 0.6) is 0 Å². The van der Waals surface area contributed by atoms with Crippen LogP contribution in [0.1, 0.15) is 73.4 Å². The SMILES string of the molecule is C=C(N=C(C)C1=C(c2cc(-c3ccc4c(c3)c3cc(C5=CCCC(c6ccccc6C)=C5C)ccc3n4-c3ccccc3)ccc2C)C(C)CC=C1)c1ccccc1. The predicted octanol–water partition coefficient (Wildman–Crippen LogP) is 15.2. The van der Waals surface area contributed by atoms with Crippen LogP contribution in [0.4, 0.5) is 0 Å². The molecule has 1 unspecified atom stereocenters. The third kappa shape index (κ3) is 6.73. The normalized spacial score (nSPS) is 16.1. The van der Waals surface area contributed by atoms with Gasteiger partial charge in [0, 0.05) is 22.2 Å². The molecule has 0 amide bonds. The zero-order valence-corrected chi connectivity index (χ0v) is 34.3. The molecule has 0 saturated carbocycles. The first kappa shape index (κ1) is 37.1. The molecule has 2 nitrogen and oxygen atoms in total. The summed E-state index contributed by atoms with van der Waals surface area (Å²) < 4.78 is 2.42. The first-order valence-corrected chi connectivity index (χ1v) is 20.7. The van der Waals surface area contributed by atoms with Crippen molar-refractivity contribution >= 4 is 49.9 Å². The molecule has 1 atom stereocenters. The second-order valence-electron chi connectivity index (χ2n) is 16.1. The first-order valence-electron chi connectivity index (χ1n) is 20.7. The van der Waals surface area contributed by atoms with E-state index < -0.39 is 0 Å². The van der Waals surface area contributed by atoms with Crippen LogP contribution in [0.2, 0.25) is 0 Å². The van der Waals surface area contributed by atoms with Gasteiger partial charge in [0.25, 0.3) is 0 Å². The van der Waals surface area contributed by atoms with Gasteiger partial charge in [0.05, 0.1) is 16.7 Å². The maximum Gasteiger partial charge on any atom is 0.0633 e. The molecule has 0 bridgehead atoms. The number of fused-ring (bicyclic) bond motifs is 3. The van der Waals surface area contributed by atoms with Gasteiger partial charge in [0.1, 0.15) is 0 Å². The summed E-state index contributed by atoms with van der Waals surface area (Å²) in [5, 5.41) is 2.53. The highest BCUT2D eigenvalue weighted by Crippen LogP contribution is 2.43. The maximum absolute atomic E-state index is 5.05. The Bertz CT molecular complexity index is 2910. The Labute approximate surface area is 343 Å². The number of benzene rings is 6. The minimum Gasteiger partial charge on any atom is -0.309 e. The Hall–Kier alpha value is -6.51. The lowest BCUT2D eigenvalue weighted by molar-refractivity contribution is 0.755. The summed E-state index contributed by atoms with van der Waals surface area (Å²) in [5.74, 6) is 0.353. The molecular weight excluding hydrogens is 701 g/mol. The van der Waals surface area contributed by atoms with Crippen molar-refractivity contribution in [1.82, 2.24) is 4.57 Å². The maximum atomic E-state index is 5.05. The Morgan fingerprint density at radius 3 is 2.03 bits per heavy atom. The molecule has 1 heterocycles. The molecular formula is C56H50N2. The van der Waals surface area contributed by atoms with Gasteiger partial charge in [-0.3, -0.25) is 4.99 Å². The van der Waals surface area contributed by atoms with Crippen LogP contribution < -0.4 is 0 Å². The smallest absolute Gasteiger partial charge is 0.0633 e. The van der Waals surface area contributed by atoms with Crippen molar-refractivity contribution in [2.75, 3.05) is 0 Å². The summed E-state index contributed by atoms with van der Waals surface area (Å²) in [6.07, 6.45) is 10.1. The molecule has 284 valence electrons. The van der Waals surface area contributed by atoms with Gasteiger partial charge in [0.15, 0.2) is 0 Å². The highest BCUT2D eigenvalue weighted by atomic mass is 15.0. The van der Waals surface area contributed by atoms with Gasteiger partial charge in [0.2, 0.25) is 0 Å². The van der Waals surface area contributed by atoms with Crippen molar-refractivity contribution < 1.29 is 0 Å². The van der Waals surface area contributed by atoms with Crippen LogP contribution in [0.15, 0.2) is 180 Å². The van der Waals surface area contributed by atoms with Crippen LogP contribution in [0.3, 0.4) is 0 Å². The summed E-state index contributed by atoms with van der Waals surface area (Å²) in [4.78, 5) is 5.05. The lowest BCUT2D eigenvalue weighted by Crippen LogP contribution is -2.11. The summed E-state index contributed by atoms with van der Waals surface area (Å²) in [7, 11) is 0. The molecule has 9 rings (SSSR count). The molecule has 0 spiro atoms. The summed E-state index contributed by atoms with van der Waals surface area (Å²) in [5.41, 5.74) is 22.1. The van der Waals surface area contributed by atoms with E-state index in [4.69, 9.17) is 4.99 Å². The quantitative estimate of drug-likeness (QED) is 0.138. The van der Waals surface area contributed by atoms with E-state index in [1.54, 1.807) is 0 Å². The molecule has 0 aliphatic heterocycles. The van der Waals surface area contributed by atoms with Crippen LogP contribution in [0.25, 0.3) is 61.0 Å². The lowest BCUT2D eigenvalue weighted by atomic mass is 9.80. The van der Waals surface area contributed by atoms with Crippen molar-refractivity contribution in [3.63, 3.8) is 0 Å². The molecule has 58 heavy (non-hydrogen) atoms. The zero-order valence-electron chi connectivity index (χ0n) is 34.3. The fourth-order valence-corrected chi connectivity index (χ4v) is 9.31. The van der Waals surface area contributed by atoms with Crippen molar-refractivity contribution in [2.45, 2.75) is 53.9 Å². The summed E-state index contributed by atoms with van der Waals surface area (Å²) in [6, 6.07) is 51.0. The largest absolute Gasteiger partial charge is 0.309 e. The Morgan fingerprint density at radius 1 is 0.672 bits per heavy atom. The molecule has 0 N–H and O–H groups in total. The van der Waals surface area contributed by atoms with E-state index in [0.717, 1.165) is 36.2 Å². The molecule has 2 aliphatic carbocycles. The van der Waals surface area contributed by atoms with E-state index >= 15 is 0 Å². The molecule has 0 radical (unpaired) electrons. The monoisotopic (exact) mass is 750 g/mol. The number of allylic oxidation sites excluding steroid dienone is 8. The standard InChI is InChI=1S/C56H50N2/c1-36-17-13-14-23-47(36)49-25-16-24-48(39(49)4)45-30-32-55-53(35-45)52-34-44(29-31-54(52)58(55)46-21-11-8-12-22-46)43-28-27-37(2)51(33-43)56-38(3)18-15-26-50(56)41(6)57-40(5)42-19-9-7-10-20-42/h7-15,17,19-24,26-35,38H,5,16,18,25H2,1-4,6H3. The highest BCUT2D eigenvalue weighted by molar-refractivity contribution is 6.12. The van der Waals surface area contributed by atoms with Gasteiger partial charge in [-0.1, -0.05) is 129 Å². The van der Waals surface area contributed by atoms with E-state index in [9.17, 15) is 0 Å². The highest BCUT2D eigenvalue weighted by Gasteiger charge is 2.23. The molecule has 7 aromatic rings. The second kappa shape index (κ2) is 15.4. The van der Waals surface area contributed by atoms with E-state index in [1.165, 1.54) is 94.3 Å². The average Bonchev–Trinajstić information content (AvgIpc) is 3.58. The number of rotatable bonds is 8. The van der Waals surface area contributed by atoms with Crippen molar-refractivity contribution in [1.29, 1.82) is 0 Å². The summed E-state index contributed by atoms with van der Waals surface area (Å²) >= 11 is 0. The second-order valence-corrected chi connectivity index (χ2v) is 16.1. The van der Waals surface area contributed by atoms with Crippen molar-refractivity contribution in [2.24, 2.45) is 10.9 Å². The van der Waals surface area contributed by atoms with Crippen LogP contribution >= 0.6 is 0 Å². The number of hydrogen-bond acceptors (Lipinski definition) is 1. The van der Waals surface area contributed by atoms with Gasteiger partial charge in [-0.15, -0.1) is 0 Å². The molecule has 6 aromatic carbocycles. The third-order valence-corrected chi connectivity index (χ3v) is 12.4. The van der Waals surface area contributed by atoms with Gasteiger partial charge in [-0.05, 0) is 168 Å². The van der Waals surface area contributed by atoms with E-state index in [-0.39, 0.29) is 0 Å². The summed E-state index contributed by atoms with van der Waals surface area (Å²) in [6.45, 7) is 15.6. The topological polar surface area (TPSA) is 17.3 Å². The van der Waals surface area contributed by atoms with Crippen LogP contribution in [-0.2, 0) is 0 Å². The number of hydrogen-bond donors (Lipinski definition) is 0. The minimum absolute atomic E-state index is 0.353. The zero-order chi connectivity index (χ0) is 39.9. The minimum atomic E-state index is 0.353. The van der Waals surface area contributed by atoms with Gasteiger partial charge in [-0.2, -0.15) is 0 Å².